The third kappa shape index (κ3) is 2.77. The number of fused-ring (bicyclic) bond motifs is 4. The van der Waals surface area contributed by atoms with Crippen LogP contribution in [0, 0.1) is 0 Å². The van der Waals surface area contributed by atoms with Crippen molar-refractivity contribution in [1.82, 2.24) is 0 Å². The van der Waals surface area contributed by atoms with Crippen LogP contribution in [0.4, 0.5) is 0 Å². The van der Waals surface area contributed by atoms with Crippen molar-refractivity contribution in [3.8, 4) is 5.75 Å². The van der Waals surface area contributed by atoms with Crippen molar-refractivity contribution in [2.45, 2.75) is 19.3 Å². The van der Waals surface area contributed by atoms with E-state index < -0.39 is 5.97 Å². The zero-order valence-corrected chi connectivity index (χ0v) is 15.7. The van der Waals surface area contributed by atoms with Gasteiger partial charge in [0.1, 0.15) is 16.9 Å². The monoisotopic (exact) mass is 424 g/mol. The smallest absolute Gasteiger partial charge is 0.379 e. The van der Waals surface area contributed by atoms with Crippen molar-refractivity contribution < 1.29 is 18.4 Å². The first-order valence-corrected chi connectivity index (χ1v) is 9.38. The summed E-state index contributed by atoms with van der Waals surface area (Å²) in [6.07, 6.45) is 2.58. The fourth-order valence-electron chi connectivity index (χ4n) is 3.60. The second kappa shape index (κ2) is 6.09. The Hall–Kier alpha value is -2.86. The van der Waals surface area contributed by atoms with Gasteiger partial charge in [0, 0.05) is 26.9 Å². The second-order valence-corrected chi connectivity index (χ2v) is 7.46. The Kier molecular flexibility index (Phi) is 3.68. The molecule has 0 fully saturated rings. The largest absolute Gasteiger partial charge is 0.449 e. The molecule has 27 heavy (non-hydrogen) atoms. The molecule has 0 amide bonds. The lowest BCUT2D eigenvalue weighted by Crippen LogP contribution is -2.08. The molecule has 1 aliphatic carbocycles. The van der Waals surface area contributed by atoms with E-state index in [1.165, 1.54) is 0 Å². The Morgan fingerprint density at radius 3 is 2.70 bits per heavy atom. The molecule has 0 saturated heterocycles. The fourth-order valence-corrected chi connectivity index (χ4v) is 3.98. The number of halogens is 1. The maximum absolute atomic E-state index is 12.4. The van der Waals surface area contributed by atoms with Crippen molar-refractivity contribution >= 4 is 43.8 Å². The summed E-state index contributed by atoms with van der Waals surface area (Å²) < 4.78 is 17.3. The molecule has 0 N–H and O–H groups in total. The van der Waals surface area contributed by atoms with Crippen LogP contribution in [0.2, 0.25) is 0 Å². The summed E-state index contributed by atoms with van der Waals surface area (Å²) in [5, 5.41) is 1.70. The maximum atomic E-state index is 12.4. The molecule has 0 aliphatic heterocycles. The standard InChI is InChI=1S/C21H13BrO5/c22-12-4-7-17-11(8-12)9-19(26-17)21(24)25-13-5-6-15-14-2-1-3-16(14)20(23)27-18(15)10-13/h4-10H,1-3H2. The SMILES string of the molecule is O=C(Oc1ccc2c3c(c(=O)oc2c1)CCC3)c1cc2cc(Br)ccc2o1. The molecule has 0 spiro atoms. The number of benzene rings is 2. The Labute approximate surface area is 161 Å². The van der Waals surface area contributed by atoms with E-state index in [4.69, 9.17) is 13.6 Å². The highest BCUT2D eigenvalue weighted by atomic mass is 79.9. The van der Waals surface area contributed by atoms with Crippen LogP contribution in [0.3, 0.4) is 0 Å². The van der Waals surface area contributed by atoms with E-state index in [1.54, 1.807) is 24.3 Å². The second-order valence-electron chi connectivity index (χ2n) is 6.54. The summed E-state index contributed by atoms with van der Waals surface area (Å²) in [5.74, 6) is -0.195. The molecule has 0 saturated carbocycles. The number of carbonyl (C=O) groups is 1. The number of hydrogen-bond acceptors (Lipinski definition) is 5. The maximum Gasteiger partial charge on any atom is 0.379 e. The average Bonchev–Trinajstić information content (AvgIpc) is 3.28. The predicted molar refractivity (Wildman–Crippen MR) is 103 cm³/mol. The van der Waals surface area contributed by atoms with Gasteiger partial charge in [0.25, 0.3) is 0 Å². The summed E-state index contributed by atoms with van der Waals surface area (Å²) in [5.41, 5.74) is 2.54. The van der Waals surface area contributed by atoms with Crippen LogP contribution < -0.4 is 10.4 Å². The van der Waals surface area contributed by atoms with Gasteiger partial charge in [-0.25, -0.2) is 9.59 Å². The van der Waals surface area contributed by atoms with Crippen LogP contribution in [-0.4, -0.2) is 5.97 Å². The minimum Gasteiger partial charge on any atom is -0.449 e. The van der Waals surface area contributed by atoms with E-state index in [1.807, 2.05) is 18.2 Å². The Morgan fingerprint density at radius 2 is 1.81 bits per heavy atom. The molecule has 2 aromatic heterocycles. The average molecular weight is 425 g/mol. The third-order valence-corrected chi connectivity index (χ3v) is 5.33. The van der Waals surface area contributed by atoms with Crippen molar-refractivity contribution in [2.75, 3.05) is 0 Å². The molecule has 0 bridgehead atoms. The van der Waals surface area contributed by atoms with Gasteiger partial charge in [-0.2, -0.15) is 0 Å². The topological polar surface area (TPSA) is 69.7 Å². The molecule has 2 heterocycles. The minimum absolute atomic E-state index is 0.110. The van der Waals surface area contributed by atoms with Crippen LogP contribution in [0.1, 0.15) is 28.1 Å². The Bertz CT molecular complexity index is 1280. The molecule has 2 aromatic carbocycles. The van der Waals surface area contributed by atoms with E-state index in [0.29, 0.717) is 16.9 Å². The van der Waals surface area contributed by atoms with Crippen molar-refractivity contribution in [2.24, 2.45) is 0 Å². The fraction of sp³-hybridized carbons (Fsp3) is 0.143. The normalized spacial score (nSPS) is 13.2. The van der Waals surface area contributed by atoms with Crippen LogP contribution in [0.5, 0.6) is 5.75 Å². The lowest BCUT2D eigenvalue weighted by Gasteiger charge is -2.06. The summed E-state index contributed by atoms with van der Waals surface area (Å²) in [4.78, 5) is 24.6. The number of ether oxygens (including phenoxy) is 1. The van der Waals surface area contributed by atoms with Crippen LogP contribution >= 0.6 is 15.9 Å². The number of furan rings is 1. The molecular weight excluding hydrogens is 412 g/mol. The molecule has 5 nitrogen and oxygen atoms in total. The highest BCUT2D eigenvalue weighted by molar-refractivity contribution is 9.10. The molecule has 1 aliphatic rings. The van der Waals surface area contributed by atoms with Gasteiger partial charge >= 0.3 is 11.6 Å². The summed E-state index contributed by atoms with van der Waals surface area (Å²) in [7, 11) is 0. The first-order valence-electron chi connectivity index (χ1n) is 8.58. The van der Waals surface area contributed by atoms with Gasteiger partial charge in [0.2, 0.25) is 5.76 Å². The molecule has 0 unspecified atom stereocenters. The highest BCUT2D eigenvalue weighted by Gasteiger charge is 2.20. The molecule has 0 radical (unpaired) electrons. The van der Waals surface area contributed by atoms with E-state index in [9.17, 15) is 9.59 Å². The minimum atomic E-state index is -0.606. The molecule has 134 valence electrons. The van der Waals surface area contributed by atoms with E-state index in [0.717, 1.165) is 45.6 Å². The zero-order chi connectivity index (χ0) is 18.5. The van der Waals surface area contributed by atoms with Crippen LogP contribution in [-0.2, 0) is 12.8 Å². The van der Waals surface area contributed by atoms with Gasteiger partial charge in [-0.15, -0.1) is 0 Å². The molecule has 5 rings (SSSR count). The zero-order valence-electron chi connectivity index (χ0n) is 14.1. The van der Waals surface area contributed by atoms with E-state index in [-0.39, 0.29) is 11.4 Å². The molecule has 4 aromatic rings. The molecule has 0 atom stereocenters. The van der Waals surface area contributed by atoms with E-state index in [2.05, 4.69) is 15.9 Å². The first-order chi connectivity index (χ1) is 13.1. The molecular formula is C21H13BrO5. The first kappa shape index (κ1) is 16.3. The van der Waals surface area contributed by atoms with Gasteiger partial charge in [0.15, 0.2) is 0 Å². The molecule has 6 heteroatoms. The van der Waals surface area contributed by atoms with Gasteiger partial charge < -0.3 is 13.6 Å². The van der Waals surface area contributed by atoms with E-state index >= 15 is 0 Å². The lowest BCUT2D eigenvalue weighted by atomic mass is 10.1. The predicted octanol–water partition coefficient (Wildman–Crippen LogP) is 5.01. The van der Waals surface area contributed by atoms with Gasteiger partial charge in [0.05, 0.1) is 0 Å². The Morgan fingerprint density at radius 1 is 0.963 bits per heavy atom. The number of carbonyl (C=O) groups excluding carboxylic acids is 1. The number of hydrogen-bond donors (Lipinski definition) is 0. The van der Waals surface area contributed by atoms with Crippen molar-refractivity contribution in [3.05, 3.63) is 74.2 Å². The van der Waals surface area contributed by atoms with Gasteiger partial charge in [-0.1, -0.05) is 15.9 Å². The van der Waals surface area contributed by atoms with Crippen LogP contribution in [0.25, 0.3) is 21.9 Å². The summed E-state index contributed by atoms with van der Waals surface area (Å²) in [6, 6.07) is 12.2. The van der Waals surface area contributed by atoms with Crippen LogP contribution in [0.15, 0.2) is 60.6 Å². The number of rotatable bonds is 2. The Balaban J connectivity index is 1.49. The number of esters is 1. The quantitative estimate of drug-likeness (QED) is 0.257. The summed E-state index contributed by atoms with van der Waals surface area (Å²) >= 11 is 3.39. The summed E-state index contributed by atoms with van der Waals surface area (Å²) in [6.45, 7) is 0. The highest BCUT2D eigenvalue weighted by Crippen LogP contribution is 2.30. The van der Waals surface area contributed by atoms with Gasteiger partial charge in [-0.3, -0.25) is 0 Å². The van der Waals surface area contributed by atoms with Crippen molar-refractivity contribution in [3.63, 3.8) is 0 Å². The van der Waals surface area contributed by atoms with Crippen molar-refractivity contribution in [1.29, 1.82) is 0 Å². The van der Waals surface area contributed by atoms with Gasteiger partial charge in [-0.05, 0) is 61.2 Å². The number of aryl methyl sites for hydroxylation is 1. The third-order valence-electron chi connectivity index (χ3n) is 4.84. The lowest BCUT2D eigenvalue weighted by molar-refractivity contribution is 0.0704.